The Hall–Kier alpha value is -1.98. The fraction of sp³-hybridized carbons (Fsp3) is 0.167. The number of benzene rings is 1. The first-order chi connectivity index (χ1) is 8.47. The number of hydrogen-bond donors (Lipinski definition) is 1. The highest BCUT2D eigenvalue weighted by atomic mass is 19.4. The molecule has 2 rings (SSSR count). The van der Waals surface area contributed by atoms with Crippen LogP contribution in [0.5, 0.6) is 0 Å². The monoisotopic (exact) mass is 259 g/mol. The number of rotatable bonds is 3. The number of furan rings is 1. The molecular formula is C12H9F4NO. The quantitative estimate of drug-likeness (QED) is 0.841. The van der Waals surface area contributed by atoms with E-state index >= 15 is 0 Å². The maximum atomic E-state index is 13.3. The molecule has 0 bridgehead atoms. The van der Waals surface area contributed by atoms with Gasteiger partial charge in [-0.15, -0.1) is 0 Å². The first-order valence-corrected chi connectivity index (χ1v) is 5.08. The minimum Gasteiger partial charge on any atom is -0.472 e. The van der Waals surface area contributed by atoms with Crippen LogP contribution < -0.4 is 5.32 Å². The number of anilines is 1. The number of alkyl halides is 3. The SMILES string of the molecule is Fc1ccc(C(F)(F)F)cc1NCc1ccoc1. The van der Waals surface area contributed by atoms with Gasteiger partial charge in [-0.1, -0.05) is 0 Å². The molecule has 1 aromatic heterocycles. The van der Waals surface area contributed by atoms with Gasteiger partial charge in [0, 0.05) is 12.1 Å². The molecule has 96 valence electrons. The molecule has 0 radical (unpaired) electrons. The van der Waals surface area contributed by atoms with E-state index in [0.29, 0.717) is 11.6 Å². The van der Waals surface area contributed by atoms with Crippen LogP contribution in [0.3, 0.4) is 0 Å². The van der Waals surface area contributed by atoms with E-state index in [9.17, 15) is 17.6 Å². The van der Waals surface area contributed by atoms with Crippen molar-refractivity contribution in [3.8, 4) is 0 Å². The second kappa shape index (κ2) is 4.72. The highest BCUT2D eigenvalue weighted by molar-refractivity contribution is 5.48. The van der Waals surface area contributed by atoms with E-state index in [0.717, 1.165) is 12.1 Å². The van der Waals surface area contributed by atoms with Crippen LogP contribution in [0.4, 0.5) is 23.2 Å². The lowest BCUT2D eigenvalue weighted by molar-refractivity contribution is -0.137. The van der Waals surface area contributed by atoms with Crippen LogP contribution in [0.25, 0.3) is 0 Å². The Morgan fingerprint density at radius 1 is 1.17 bits per heavy atom. The zero-order valence-electron chi connectivity index (χ0n) is 9.09. The van der Waals surface area contributed by atoms with Gasteiger partial charge in [0.15, 0.2) is 0 Å². The van der Waals surface area contributed by atoms with Crippen molar-refractivity contribution >= 4 is 5.69 Å². The predicted molar refractivity (Wildman–Crippen MR) is 57.4 cm³/mol. The van der Waals surface area contributed by atoms with Gasteiger partial charge in [-0.25, -0.2) is 4.39 Å². The Bertz CT molecular complexity index is 519. The summed E-state index contributed by atoms with van der Waals surface area (Å²) < 4.78 is 55.5. The van der Waals surface area contributed by atoms with Gasteiger partial charge in [0.05, 0.1) is 23.8 Å². The molecule has 0 amide bonds. The molecule has 0 spiro atoms. The molecule has 0 atom stereocenters. The molecule has 0 fully saturated rings. The van der Waals surface area contributed by atoms with E-state index < -0.39 is 17.6 Å². The second-order valence-corrected chi connectivity index (χ2v) is 3.68. The topological polar surface area (TPSA) is 25.2 Å². The van der Waals surface area contributed by atoms with Crippen molar-refractivity contribution in [3.63, 3.8) is 0 Å². The van der Waals surface area contributed by atoms with Crippen LogP contribution in [0, 0.1) is 5.82 Å². The van der Waals surface area contributed by atoms with E-state index in [1.54, 1.807) is 6.07 Å². The lowest BCUT2D eigenvalue weighted by atomic mass is 10.2. The Morgan fingerprint density at radius 2 is 1.94 bits per heavy atom. The van der Waals surface area contributed by atoms with E-state index in [1.165, 1.54) is 12.5 Å². The molecule has 0 aliphatic heterocycles. The summed E-state index contributed by atoms with van der Waals surface area (Å²) in [5.41, 5.74) is -0.364. The van der Waals surface area contributed by atoms with Crippen molar-refractivity contribution in [2.45, 2.75) is 12.7 Å². The first-order valence-electron chi connectivity index (χ1n) is 5.08. The van der Waals surface area contributed by atoms with E-state index in [1.807, 2.05) is 0 Å². The lowest BCUT2D eigenvalue weighted by Gasteiger charge is -2.11. The van der Waals surface area contributed by atoms with Crippen LogP contribution in [-0.2, 0) is 12.7 Å². The molecular weight excluding hydrogens is 250 g/mol. The molecule has 0 saturated carbocycles. The maximum Gasteiger partial charge on any atom is 0.416 e. The zero-order chi connectivity index (χ0) is 13.2. The molecule has 18 heavy (non-hydrogen) atoms. The minimum atomic E-state index is -4.49. The van der Waals surface area contributed by atoms with Crippen LogP contribution in [0.2, 0.25) is 0 Å². The van der Waals surface area contributed by atoms with Gasteiger partial charge in [0.2, 0.25) is 0 Å². The molecule has 6 heteroatoms. The summed E-state index contributed by atoms with van der Waals surface area (Å²) in [6.45, 7) is 0.189. The first kappa shape index (κ1) is 12.5. The van der Waals surface area contributed by atoms with E-state index in [-0.39, 0.29) is 12.2 Å². The average Bonchev–Trinajstić information content (AvgIpc) is 2.79. The summed E-state index contributed by atoms with van der Waals surface area (Å²) in [5, 5.41) is 2.59. The third-order valence-electron chi connectivity index (χ3n) is 2.36. The fourth-order valence-electron chi connectivity index (χ4n) is 1.43. The number of hydrogen-bond acceptors (Lipinski definition) is 2. The van der Waals surface area contributed by atoms with Crippen LogP contribution in [0.15, 0.2) is 41.2 Å². The second-order valence-electron chi connectivity index (χ2n) is 3.68. The molecule has 2 nitrogen and oxygen atoms in total. The van der Waals surface area contributed by atoms with Crippen molar-refractivity contribution in [1.82, 2.24) is 0 Å². The van der Waals surface area contributed by atoms with Crippen LogP contribution in [-0.4, -0.2) is 0 Å². The largest absolute Gasteiger partial charge is 0.472 e. The van der Waals surface area contributed by atoms with Crippen LogP contribution >= 0.6 is 0 Å². The van der Waals surface area contributed by atoms with Gasteiger partial charge in [0.1, 0.15) is 5.82 Å². The standard InChI is InChI=1S/C12H9F4NO/c13-10-2-1-9(12(14,15)16)5-11(10)17-6-8-3-4-18-7-8/h1-5,7,17H,6H2. The van der Waals surface area contributed by atoms with Crippen LogP contribution in [0.1, 0.15) is 11.1 Å². The van der Waals surface area contributed by atoms with Gasteiger partial charge < -0.3 is 9.73 Å². The maximum absolute atomic E-state index is 13.3. The van der Waals surface area contributed by atoms with E-state index in [4.69, 9.17) is 4.42 Å². The average molecular weight is 259 g/mol. The molecule has 2 aromatic rings. The third-order valence-corrected chi connectivity index (χ3v) is 2.36. The molecule has 0 aliphatic carbocycles. The molecule has 1 heterocycles. The Morgan fingerprint density at radius 3 is 2.56 bits per heavy atom. The molecule has 1 aromatic carbocycles. The highest BCUT2D eigenvalue weighted by Gasteiger charge is 2.31. The summed E-state index contributed by atoms with van der Waals surface area (Å²) >= 11 is 0. The van der Waals surface area contributed by atoms with Gasteiger partial charge in [0.25, 0.3) is 0 Å². The molecule has 1 N–H and O–H groups in total. The van der Waals surface area contributed by atoms with E-state index in [2.05, 4.69) is 5.32 Å². The number of halogens is 4. The Balaban J connectivity index is 2.16. The van der Waals surface area contributed by atoms with Crippen molar-refractivity contribution < 1.29 is 22.0 Å². The summed E-state index contributed by atoms with van der Waals surface area (Å²) in [7, 11) is 0. The van der Waals surface area contributed by atoms with Crippen molar-refractivity contribution in [1.29, 1.82) is 0 Å². The Labute approximate surface area is 100 Å². The summed E-state index contributed by atoms with van der Waals surface area (Å²) in [4.78, 5) is 0. The fourth-order valence-corrected chi connectivity index (χ4v) is 1.43. The highest BCUT2D eigenvalue weighted by Crippen LogP contribution is 2.31. The third kappa shape index (κ3) is 2.82. The van der Waals surface area contributed by atoms with Gasteiger partial charge in [-0.3, -0.25) is 0 Å². The predicted octanol–water partition coefficient (Wildman–Crippen LogP) is 4.05. The molecule has 0 aliphatic rings. The Kier molecular flexibility index (Phi) is 3.27. The van der Waals surface area contributed by atoms with Gasteiger partial charge >= 0.3 is 6.18 Å². The molecule has 0 saturated heterocycles. The summed E-state index contributed by atoms with van der Waals surface area (Å²) in [5.74, 6) is -0.730. The van der Waals surface area contributed by atoms with Gasteiger partial charge in [-0.2, -0.15) is 13.2 Å². The normalized spacial score (nSPS) is 11.6. The van der Waals surface area contributed by atoms with Crippen molar-refractivity contribution in [2.75, 3.05) is 5.32 Å². The van der Waals surface area contributed by atoms with Crippen molar-refractivity contribution in [3.05, 3.63) is 53.7 Å². The number of nitrogens with one attached hydrogen (secondary N) is 1. The minimum absolute atomic E-state index is 0.189. The lowest BCUT2D eigenvalue weighted by Crippen LogP contribution is -2.07. The smallest absolute Gasteiger partial charge is 0.416 e. The molecule has 0 unspecified atom stereocenters. The summed E-state index contributed by atoms with van der Waals surface area (Å²) in [6, 6.07) is 3.88. The summed E-state index contributed by atoms with van der Waals surface area (Å²) in [6.07, 6.45) is -1.63. The zero-order valence-corrected chi connectivity index (χ0v) is 9.09. The van der Waals surface area contributed by atoms with Gasteiger partial charge in [-0.05, 0) is 24.3 Å². The van der Waals surface area contributed by atoms with Crippen molar-refractivity contribution in [2.24, 2.45) is 0 Å².